The molecule has 4 saturated heterocycles. The van der Waals surface area contributed by atoms with Gasteiger partial charge in [-0.1, -0.05) is 60.7 Å². The van der Waals surface area contributed by atoms with Crippen LogP contribution in [0.5, 0.6) is 0 Å². The van der Waals surface area contributed by atoms with E-state index in [0.29, 0.717) is 11.8 Å². The van der Waals surface area contributed by atoms with Crippen molar-refractivity contribution in [2.45, 2.75) is 30.6 Å². The molecule has 0 aromatic heterocycles. The van der Waals surface area contributed by atoms with Gasteiger partial charge in [0.05, 0.1) is 0 Å². The number of benzene rings is 2. The normalized spacial score (nSPS) is 50.7. The molecule has 2 bridgehead atoms. The Morgan fingerprint density at radius 1 is 0.680 bits per heavy atom. The van der Waals surface area contributed by atoms with Crippen LogP contribution >= 0.6 is 0 Å². The van der Waals surface area contributed by atoms with E-state index in [9.17, 15) is 0 Å². The second kappa shape index (κ2) is 4.15. The second-order valence-corrected chi connectivity index (χ2v) is 7.89. The van der Waals surface area contributed by atoms with Gasteiger partial charge in [-0.25, -0.2) is 0 Å². The molecule has 7 rings (SSSR count). The molecule has 5 aliphatic rings. The highest BCUT2D eigenvalue weighted by Gasteiger charge is 2.83. The van der Waals surface area contributed by atoms with Gasteiger partial charge in [-0.15, -0.1) is 0 Å². The molecule has 0 amide bonds. The Hall–Kier alpha value is -1.72. The lowest BCUT2D eigenvalue weighted by Gasteiger charge is -2.39. The van der Waals surface area contributed by atoms with Crippen LogP contribution in [-0.2, 0) is 30.5 Å². The molecular weight excluding hydrogens is 316 g/mol. The third-order valence-electron chi connectivity index (χ3n) is 6.94. The summed E-state index contributed by atoms with van der Waals surface area (Å²) in [5.74, 6) is -0.203. The van der Waals surface area contributed by atoms with Gasteiger partial charge in [-0.3, -0.25) is 0 Å². The minimum atomic E-state index is -0.767. The topological polar surface area (TPSA) is 36.9 Å². The van der Waals surface area contributed by atoms with Crippen molar-refractivity contribution in [3.8, 4) is 0 Å². The zero-order valence-electron chi connectivity index (χ0n) is 13.6. The van der Waals surface area contributed by atoms with Crippen LogP contribution in [-0.4, -0.2) is 12.6 Å². The molecule has 25 heavy (non-hydrogen) atoms. The molecule has 2 aromatic carbocycles. The van der Waals surface area contributed by atoms with Gasteiger partial charge >= 0.3 is 0 Å². The summed E-state index contributed by atoms with van der Waals surface area (Å²) in [4.78, 5) is 0. The van der Waals surface area contributed by atoms with E-state index in [-0.39, 0.29) is 24.4 Å². The van der Waals surface area contributed by atoms with Crippen molar-refractivity contribution in [1.29, 1.82) is 0 Å². The zero-order chi connectivity index (χ0) is 16.2. The molecule has 4 heteroatoms. The molecule has 4 nitrogen and oxygen atoms in total. The first-order valence-electron chi connectivity index (χ1n) is 9.14. The predicted molar refractivity (Wildman–Crippen MR) is 86.7 cm³/mol. The maximum absolute atomic E-state index is 6.83. The Morgan fingerprint density at radius 3 is 1.64 bits per heavy atom. The van der Waals surface area contributed by atoms with Gasteiger partial charge in [0, 0.05) is 34.8 Å². The summed E-state index contributed by atoms with van der Waals surface area (Å²) < 4.78 is 26.1. The average Bonchev–Trinajstić information content (AvgIpc) is 3.33. The van der Waals surface area contributed by atoms with E-state index in [1.807, 2.05) is 36.4 Å². The average molecular weight is 334 g/mol. The highest BCUT2D eigenvalue weighted by molar-refractivity contribution is 5.34. The summed E-state index contributed by atoms with van der Waals surface area (Å²) in [5.41, 5.74) is 2.15. The molecule has 126 valence electrons. The largest absolute Gasteiger partial charge is 0.323 e. The van der Waals surface area contributed by atoms with E-state index in [1.165, 1.54) is 0 Å². The Morgan fingerprint density at radius 2 is 1.16 bits per heavy atom. The molecule has 2 aromatic rings. The zero-order valence-corrected chi connectivity index (χ0v) is 13.6. The van der Waals surface area contributed by atoms with Crippen LogP contribution in [0, 0.1) is 23.7 Å². The van der Waals surface area contributed by atoms with Crippen molar-refractivity contribution < 1.29 is 18.9 Å². The van der Waals surface area contributed by atoms with Crippen molar-refractivity contribution >= 4 is 0 Å². The first-order valence-corrected chi connectivity index (χ1v) is 9.14. The van der Waals surface area contributed by atoms with Gasteiger partial charge in [0.15, 0.2) is 12.6 Å². The highest BCUT2D eigenvalue weighted by Crippen LogP contribution is 2.76. The number of ether oxygens (including phenoxy) is 4. The number of hydrogen-bond acceptors (Lipinski definition) is 4. The van der Waals surface area contributed by atoms with Crippen molar-refractivity contribution in [3.05, 3.63) is 71.8 Å². The van der Waals surface area contributed by atoms with Gasteiger partial charge < -0.3 is 18.9 Å². The van der Waals surface area contributed by atoms with Gasteiger partial charge in [-0.05, 0) is 6.42 Å². The van der Waals surface area contributed by atoms with Crippen LogP contribution in [0.25, 0.3) is 0 Å². The summed E-state index contributed by atoms with van der Waals surface area (Å²) in [5, 5.41) is 0. The van der Waals surface area contributed by atoms with Crippen molar-refractivity contribution in [2.24, 2.45) is 23.7 Å². The monoisotopic (exact) mass is 334 g/mol. The summed E-state index contributed by atoms with van der Waals surface area (Å²) in [6, 6.07) is 20.7. The lowest BCUT2D eigenvalue weighted by molar-refractivity contribution is -0.421. The van der Waals surface area contributed by atoms with Crippen molar-refractivity contribution in [1.82, 2.24) is 0 Å². The van der Waals surface area contributed by atoms with E-state index in [0.717, 1.165) is 17.5 Å². The lowest BCUT2D eigenvalue weighted by Crippen LogP contribution is -2.43. The Balaban J connectivity index is 1.49. The van der Waals surface area contributed by atoms with E-state index in [2.05, 4.69) is 24.3 Å². The minimum Gasteiger partial charge on any atom is -0.323 e. The molecule has 8 atom stereocenters. The maximum atomic E-state index is 6.83. The van der Waals surface area contributed by atoms with E-state index in [4.69, 9.17) is 18.9 Å². The summed E-state index contributed by atoms with van der Waals surface area (Å²) in [6.07, 6.45) is 0.674. The third kappa shape index (κ3) is 1.35. The van der Waals surface area contributed by atoms with Crippen LogP contribution in [0.2, 0.25) is 0 Å². The van der Waals surface area contributed by atoms with Crippen LogP contribution < -0.4 is 0 Å². The fourth-order valence-electron chi connectivity index (χ4n) is 6.19. The van der Waals surface area contributed by atoms with E-state index in [1.54, 1.807) is 0 Å². The van der Waals surface area contributed by atoms with Gasteiger partial charge in [0.1, 0.15) is 0 Å². The number of hydrogen-bond donors (Lipinski definition) is 0. The molecule has 0 spiro atoms. The molecular formula is C21H18O4. The fraction of sp³-hybridized carbons (Fsp3) is 0.429. The number of rotatable bonds is 2. The fourth-order valence-corrected chi connectivity index (χ4v) is 6.19. The molecule has 4 heterocycles. The smallest absolute Gasteiger partial charge is 0.204 e. The predicted octanol–water partition coefficient (Wildman–Crippen LogP) is 3.33. The Bertz CT molecular complexity index is 785. The van der Waals surface area contributed by atoms with Crippen molar-refractivity contribution in [3.63, 3.8) is 0 Å². The summed E-state index contributed by atoms with van der Waals surface area (Å²) in [7, 11) is 0. The molecule has 5 fully saturated rings. The van der Waals surface area contributed by atoms with Gasteiger partial charge in [-0.2, -0.15) is 0 Å². The summed E-state index contributed by atoms with van der Waals surface area (Å²) in [6.45, 7) is 0. The maximum Gasteiger partial charge on any atom is 0.204 e. The standard InChI is InChI=1S/C21H18O4/c1-3-7-12(8-4-1)20-16-14-11-15-17(16)21(25-20,13-9-5-2-6-10-13)24-19(15)22-18(14)23-20/h1-10,14-19H,11H2/t14-,15+,16-,17-,18+,19-,20+,21-/m1/s1. The van der Waals surface area contributed by atoms with Gasteiger partial charge in [0.2, 0.25) is 11.6 Å². The molecule has 1 saturated carbocycles. The highest BCUT2D eigenvalue weighted by atomic mass is 16.9. The van der Waals surface area contributed by atoms with Crippen LogP contribution in [0.3, 0.4) is 0 Å². The SMILES string of the molecule is c1ccc([C@@]23O[C@H]4O[C@H]5O[C@@](c6ccccc6)(O2)[C@@H]2[C@H]5C[C@H]4[C@H]23)cc1. The molecule has 0 N–H and O–H groups in total. The van der Waals surface area contributed by atoms with Gasteiger partial charge in [0.25, 0.3) is 0 Å². The first-order chi connectivity index (χ1) is 12.3. The molecule has 4 aliphatic heterocycles. The third-order valence-corrected chi connectivity index (χ3v) is 6.94. The molecule has 1 aliphatic carbocycles. The second-order valence-electron chi connectivity index (χ2n) is 7.89. The molecule has 0 unspecified atom stereocenters. The quantitative estimate of drug-likeness (QED) is 0.844. The Labute approximate surface area is 145 Å². The van der Waals surface area contributed by atoms with Crippen LogP contribution in [0.4, 0.5) is 0 Å². The Kier molecular flexibility index (Phi) is 2.24. The van der Waals surface area contributed by atoms with Crippen LogP contribution in [0.15, 0.2) is 60.7 Å². The minimum absolute atomic E-state index is 0.217. The van der Waals surface area contributed by atoms with E-state index < -0.39 is 11.6 Å². The lowest BCUT2D eigenvalue weighted by atomic mass is 9.78. The first kappa shape index (κ1) is 13.5. The van der Waals surface area contributed by atoms with Crippen molar-refractivity contribution in [2.75, 3.05) is 0 Å². The molecule has 0 radical (unpaired) electrons. The summed E-state index contributed by atoms with van der Waals surface area (Å²) >= 11 is 0. The van der Waals surface area contributed by atoms with E-state index >= 15 is 0 Å². The van der Waals surface area contributed by atoms with Crippen LogP contribution in [0.1, 0.15) is 17.5 Å².